The van der Waals surface area contributed by atoms with Crippen LogP contribution in [0.2, 0.25) is 0 Å². The summed E-state index contributed by atoms with van der Waals surface area (Å²) >= 11 is 2.13. The van der Waals surface area contributed by atoms with Gasteiger partial charge in [-0.15, -0.1) is 20.4 Å². The lowest BCUT2D eigenvalue weighted by molar-refractivity contribution is -0.138. The van der Waals surface area contributed by atoms with Crippen molar-refractivity contribution in [2.75, 3.05) is 37.0 Å². The number of alkyl halides is 6. The van der Waals surface area contributed by atoms with E-state index >= 15 is 0 Å². The Morgan fingerprint density at radius 2 is 0.936 bits per heavy atom. The second kappa shape index (κ2) is 26.1. The Bertz CT molecular complexity index is 3450. The summed E-state index contributed by atoms with van der Waals surface area (Å²) in [7, 11) is -2.14. The number of aromatic nitrogens is 4. The Balaban J connectivity index is 0.000000243. The maximum Gasteiger partial charge on any atom is 0.416 e. The van der Waals surface area contributed by atoms with Gasteiger partial charge in [0.1, 0.15) is 57.1 Å². The number of rotatable bonds is 16. The summed E-state index contributed by atoms with van der Waals surface area (Å²) in [4.78, 5) is -0.126. The van der Waals surface area contributed by atoms with Gasteiger partial charge in [0.2, 0.25) is 10.3 Å². The number of phenolic OH excluding ortho intramolecular Hbond substituents is 1. The van der Waals surface area contributed by atoms with E-state index in [1.54, 1.807) is 36.4 Å². The van der Waals surface area contributed by atoms with E-state index in [2.05, 4.69) is 20.4 Å². The second-order valence-electron chi connectivity index (χ2n) is 15.9. The zero-order valence-corrected chi connectivity index (χ0v) is 44.5. The Morgan fingerprint density at radius 3 is 1.32 bits per heavy atom. The molecule has 0 saturated carbocycles. The first-order chi connectivity index (χ1) is 36.3. The summed E-state index contributed by atoms with van der Waals surface area (Å²) in [6.45, 7) is 2.88. The molecule has 8 rings (SSSR count). The fraction of sp³-hybridized carbons (Fsp3) is 0.216. The van der Waals surface area contributed by atoms with Crippen molar-refractivity contribution >= 4 is 53.0 Å². The number of nitrogens with zero attached hydrogens (tertiary/aromatic N) is 6. The van der Waals surface area contributed by atoms with Crippen molar-refractivity contribution in [3.05, 3.63) is 172 Å². The Morgan fingerprint density at radius 1 is 0.526 bits per heavy atom. The highest BCUT2D eigenvalue weighted by molar-refractivity contribution is 7.93. The van der Waals surface area contributed by atoms with E-state index in [4.69, 9.17) is 28.8 Å². The fourth-order valence-corrected chi connectivity index (χ4v) is 11.3. The molecule has 0 fully saturated rings. The number of aromatic hydroxyl groups is 1. The first-order valence-electron chi connectivity index (χ1n) is 22.0. The number of methoxy groups -OCH3 is 4. The van der Waals surface area contributed by atoms with Gasteiger partial charge < -0.3 is 28.8 Å². The first kappa shape index (κ1) is 61.1. The van der Waals surface area contributed by atoms with E-state index in [-0.39, 0.29) is 57.8 Å². The number of hydrogen-bond donors (Lipinski definition) is 1. The molecule has 0 aliphatic carbocycles. The molecule has 0 saturated heterocycles. The van der Waals surface area contributed by atoms with Crippen molar-refractivity contribution in [1.29, 1.82) is 0 Å². The summed E-state index contributed by atoms with van der Waals surface area (Å²) in [5.41, 5.74) is 3.13. The highest BCUT2D eigenvalue weighted by Crippen LogP contribution is 2.37. The third-order valence-electron chi connectivity index (χ3n) is 10.6. The number of anilines is 2. The van der Waals surface area contributed by atoms with Crippen molar-refractivity contribution < 1.29 is 76.4 Å². The third kappa shape index (κ3) is 15.7. The van der Waals surface area contributed by atoms with Crippen molar-refractivity contribution in [2.45, 2.75) is 56.5 Å². The van der Waals surface area contributed by atoms with E-state index in [9.17, 15) is 47.6 Å². The Labute approximate surface area is 453 Å². The molecule has 2 heterocycles. The largest absolute Gasteiger partial charge is 0.508 e. The average Bonchev–Trinajstić information content (AvgIpc) is 4.14. The minimum absolute atomic E-state index is 0. The van der Waals surface area contributed by atoms with Gasteiger partial charge in [0, 0.05) is 23.3 Å². The van der Waals surface area contributed by atoms with Crippen LogP contribution in [-0.4, -0.2) is 70.8 Å². The van der Waals surface area contributed by atoms with Crippen LogP contribution in [0.1, 0.15) is 40.8 Å². The van der Waals surface area contributed by atoms with Crippen LogP contribution in [0.5, 0.6) is 40.2 Å². The van der Waals surface area contributed by atoms with Crippen LogP contribution in [0.3, 0.4) is 0 Å². The summed E-state index contributed by atoms with van der Waals surface area (Å²) in [5, 5.41) is 24.5. The van der Waals surface area contributed by atoms with Gasteiger partial charge >= 0.3 is 12.4 Å². The molecular weight excluding hydrogens is 1120 g/mol. The van der Waals surface area contributed by atoms with Crippen LogP contribution >= 0.6 is 22.7 Å². The lowest BCUT2D eigenvalue weighted by Crippen LogP contribution is -2.30. The summed E-state index contributed by atoms with van der Waals surface area (Å²) < 4.78 is 171. The number of phenols is 1. The average molecular weight is 1170 g/mol. The minimum Gasteiger partial charge on any atom is -0.508 e. The topological polar surface area (TPSA) is 193 Å². The van der Waals surface area contributed by atoms with Gasteiger partial charge in [-0.2, -0.15) is 26.3 Å². The van der Waals surface area contributed by atoms with Gasteiger partial charge in [-0.3, -0.25) is 0 Å². The van der Waals surface area contributed by atoms with E-state index < -0.39 is 49.3 Å². The van der Waals surface area contributed by atoms with E-state index in [0.717, 1.165) is 61.6 Å². The SMILES string of the molecule is C.COc1ccc(CN(c2nncs2)S(=O)(=O)c2ccc(F)cc2)c(OC)c1.COc1ccc(CN(c2nncs2)S(=O)(=O)c2ccc(Oc3cc(C)cc(C(F)(F)F)c3)cc2)c(OC)c1.Cc1cc(O)cc(C(F)(F)F)c1. The molecular formula is C51H49F7N6O10S4. The minimum atomic E-state index is -4.53. The maximum atomic E-state index is 13.7. The number of ether oxygens (including phenoxy) is 5. The normalized spacial score (nSPS) is 11.4. The molecule has 0 radical (unpaired) electrons. The molecule has 0 aliphatic rings. The van der Waals surface area contributed by atoms with E-state index in [1.807, 2.05) is 0 Å². The molecule has 16 nitrogen and oxygen atoms in total. The maximum absolute atomic E-state index is 13.7. The van der Waals surface area contributed by atoms with Gasteiger partial charge in [-0.05, 0) is 134 Å². The van der Waals surface area contributed by atoms with E-state index in [1.165, 1.54) is 102 Å². The third-order valence-corrected chi connectivity index (χ3v) is 15.7. The first-order valence-corrected chi connectivity index (χ1v) is 26.6. The lowest BCUT2D eigenvalue weighted by Gasteiger charge is -2.22. The Hall–Kier alpha value is -7.75. The molecule has 0 aliphatic heterocycles. The van der Waals surface area contributed by atoms with Crippen molar-refractivity contribution in [1.82, 2.24) is 20.4 Å². The van der Waals surface area contributed by atoms with Gasteiger partial charge in [-0.1, -0.05) is 30.1 Å². The van der Waals surface area contributed by atoms with E-state index in [0.29, 0.717) is 51.3 Å². The monoisotopic (exact) mass is 1170 g/mol. The van der Waals surface area contributed by atoms with Crippen molar-refractivity contribution in [2.24, 2.45) is 0 Å². The van der Waals surface area contributed by atoms with Crippen LogP contribution in [0.25, 0.3) is 0 Å². The van der Waals surface area contributed by atoms with Crippen LogP contribution < -0.4 is 32.3 Å². The summed E-state index contributed by atoms with van der Waals surface area (Å²) in [6, 6.07) is 26.4. The van der Waals surface area contributed by atoms with Crippen LogP contribution in [0.4, 0.5) is 41.0 Å². The molecule has 0 atom stereocenters. The lowest BCUT2D eigenvalue weighted by atomic mass is 10.1. The number of aryl methyl sites for hydroxylation is 2. The molecule has 78 heavy (non-hydrogen) atoms. The highest BCUT2D eigenvalue weighted by Gasteiger charge is 2.33. The molecule has 8 aromatic rings. The standard InChI is InChI=1S/C25H22F3N3O5S2.C17H16FN3O4S2.C8H7F3O.CH4/c1-16-10-18(25(26,27)28)12-21(11-16)36-19-6-8-22(9-7-19)38(32,33)31(24-30-29-15-37-24)14-17-4-5-20(34-2)13-23(17)35-3;1-24-14-6-3-12(16(9-14)25-2)10-21(17-20-19-11-26-17)27(22,23)15-7-4-13(18)5-8-15;1-5-2-6(8(9,10)11)4-7(12)3-5;/h4-13,15H,14H2,1-3H3;3-9,11H,10H2,1-2H3;2-4,12H,1H3;1H4. The molecule has 0 spiro atoms. The van der Waals surface area contributed by atoms with Gasteiger partial charge in [-0.25, -0.2) is 29.8 Å². The van der Waals surface area contributed by atoms with Crippen LogP contribution in [0.15, 0.2) is 142 Å². The molecule has 1 N–H and O–H groups in total. The number of sulfonamides is 2. The Kier molecular flexibility index (Phi) is 20.4. The molecule has 27 heteroatoms. The highest BCUT2D eigenvalue weighted by atomic mass is 32.2. The quantitative estimate of drug-likeness (QED) is 0.0898. The predicted octanol–water partition coefficient (Wildman–Crippen LogP) is 12.5. The van der Waals surface area contributed by atoms with Crippen LogP contribution in [-0.2, 0) is 45.5 Å². The molecule has 0 bridgehead atoms. The smallest absolute Gasteiger partial charge is 0.416 e. The molecule has 2 aromatic heterocycles. The van der Waals surface area contributed by atoms with Crippen molar-refractivity contribution in [3.8, 4) is 40.2 Å². The molecule has 0 unspecified atom stereocenters. The zero-order valence-electron chi connectivity index (χ0n) is 41.2. The van der Waals surface area contributed by atoms with Gasteiger partial charge in [0.25, 0.3) is 20.0 Å². The molecule has 0 amide bonds. The second-order valence-corrected chi connectivity index (χ2v) is 21.3. The van der Waals surface area contributed by atoms with Gasteiger partial charge in [0.05, 0.1) is 62.4 Å². The number of halogens is 7. The number of hydrogen-bond acceptors (Lipinski definition) is 16. The van der Waals surface area contributed by atoms with Crippen molar-refractivity contribution in [3.63, 3.8) is 0 Å². The van der Waals surface area contributed by atoms with Gasteiger partial charge in [0.15, 0.2) is 0 Å². The summed E-state index contributed by atoms with van der Waals surface area (Å²) in [5.74, 6) is 1.29. The summed E-state index contributed by atoms with van der Waals surface area (Å²) in [6.07, 6.45) is -8.91. The van der Waals surface area contributed by atoms with Crippen LogP contribution in [0, 0.1) is 19.7 Å². The molecule has 6 aromatic carbocycles. The number of benzene rings is 6. The zero-order chi connectivity index (χ0) is 56.3. The molecule has 416 valence electrons. The predicted molar refractivity (Wildman–Crippen MR) is 279 cm³/mol. The fourth-order valence-electron chi connectivity index (χ4n) is 6.91.